The first-order valence-corrected chi connectivity index (χ1v) is 6.11. The molecule has 0 bridgehead atoms. The summed E-state index contributed by atoms with van der Waals surface area (Å²) < 4.78 is 5.79. The van der Waals surface area contributed by atoms with Gasteiger partial charge in [-0.25, -0.2) is 0 Å². The maximum Gasteiger partial charge on any atom is 0.0884 e. The Balaban J connectivity index is 1.69. The second-order valence-electron chi connectivity index (χ2n) is 4.25. The fourth-order valence-corrected chi connectivity index (χ4v) is 1.97. The fourth-order valence-electron chi connectivity index (χ4n) is 1.97. The Morgan fingerprint density at radius 2 is 2.06 bits per heavy atom. The van der Waals surface area contributed by atoms with E-state index in [9.17, 15) is 0 Å². The molecule has 1 nitrogen and oxygen atoms in total. The standard InChI is InChI=1S/C15H19O/c1-2-7-11-15(10-6-1)16-13-12-14-8-4-3-5-9-14/h1,3-6,8-9,13,15H,2,7,10-12H2. The summed E-state index contributed by atoms with van der Waals surface area (Å²) in [6, 6.07) is 10.4. The van der Waals surface area contributed by atoms with Gasteiger partial charge < -0.3 is 4.74 Å². The molecule has 2 rings (SSSR count). The molecule has 0 fully saturated rings. The van der Waals surface area contributed by atoms with Crippen LogP contribution in [0.3, 0.4) is 0 Å². The Morgan fingerprint density at radius 3 is 2.94 bits per heavy atom. The van der Waals surface area contributed by atoms with Crippen molar-refractivity contribution in [3.63, 3.8) is 0 Å². The average Bonchev–Trinajstić information content (AvgIpc) is 2.59. The van der Waals surface area contributed by atoms with Crippen molar-refractivity contribution >= 4 is 0 Å². The van der Waals surface area contributed by atoms with Gasteiger partial charge in [0.15, 0.2) is 0 Å². The number of hydrogen-bond acceptors (Lipinski definition) is 1. The molecule has 85 valence electrons. The van der Waals surface area contributed by atoms with E-state index in [-0.39, 0.29) is 0 Å². The summed E-state index contributed by atoms with van der Waals surface area (Å²) in [6.07, 6.45) is 10.5. The Bertz CT molecular complexity index is 315. The number of hydrogen-bond donors (Lipinski definition) is 0. The first kappa shape index (κ1) is 11.4. The first-order chi connectivity index (χ1) is 7.95. The van der Waals surface area contributed by atoms with Crippen LogP contribution in [0.2, 0.25) is 0 Å². The van der Waals surface area contributed by atoms with Crippen molar-refractivity contribution in [3.8, 4) is 0 Å². The molecule has 0 aliphatic heterocycles. The number of allylic oxidation sites excluding steroid dienone is 1. The summed E-state index contributed by atoms with van der Waals surface area (Å²) in [5.74, 6) is 0. The van der Waals surface area contributed by atoms with Crippen molar-refractivity contribution in [2.24, 2.45) is 0 Å². The largest absolute Gasteiger partial charge is 0.372 e. The Morgan fingerprint density at radius 1 is 1.19 bits per heavy atom. The highest BCUT2D eigenvalue weighted by Crippen LogP contribution is 2.16. The van der Waals surface area contributed by atoms with Gasteiger partial charge in [0, 0.05) is 6.42 Å². The molecule has 0 N–H and O–H groups in total. The predicted octanol–water partition coefficient (Wildman–Crippen LogP) is 3.91. The Kier molecular flexibility index (Phi) is 4.63. The van der Waals surface area contributed by atoms with Crippen molar-refractivity contribution in [1.82, 2.24) is 0 Å². The highest BCUT2D eigenvalue weighted by molar-refractivity contribution is 5.15. The third kappa shape index (κ3) is 3.82. The van der Waals surface area contributed by atoms with E-state index >= 15 is 0 Å². The molecule has 0 spiro atoms. The van der Waals surface area contributed by atoms with Gasteiger partial charge in [-0.2, -0.15) is 0 Å². The van der Waals surface area contributed by atoms with Gasteiger partial charge in [0.1, 0.15) is 0 Å². The molecule has 1 aromatic carbocycles. The number of ether oxygens (including phenoxy) is 1. The van der Waals surface area contributed by atoms with Crippen LogP contribution in [-0.4, -0.2) is 6.10 Å². The van der Waals surface area contributed by atoms with Crippen LogP contribution < -0.4 is 0 Å². The third-order valence-corrected chi connectivity index (χ3v) is 2.91. The summed E-state index contributed by atoms with van der Waals surface area (Å²) >= 11 is 0. The maximum absolute atomic E-state index is 5.79. The fraction of sp³-hybridized carbons (Fsp3) is 0.400. The molecule has 0 saturated carbocycles. The zero-order valence-corrected chi connectivity index (χ0v) is 9.64. The van der Waals surface area contributed by atoms with Crippen molar-refractivity contribution in [2.75, 3.05) is 0 Å². The minimum Gasteiger partial charge on any atom is -0.372 e. The molecular weight excluding hydrogens is 196 g/mol. The summed E-state index contributed by atoms with van der Waals surface area (Å²) in [5, 5.41) is 0. The minimum atomic E-state index is 0.391. The van der Waals surface area contributed by atoms with Crippen molar-refractivity contribution in [3.05, 3.63) is 54.7 Å². The first-order valence-electron chi connectivity index (χ1n) is 6.11. The molecule has 16 heavy (non-hydrogen) atoms. The van der Waals surface area contributed by atoms with Gasteiger partial charge in [0.25, 0.3) is 0 Å². The van der Waals surface area contributed by atoms with Crippen molar-refractivity contribution < 1.29 is 4.74 Å². The monoisotopic (exact) mass is 215 g/mol. The van der Waals surface area contributed by atoms with E-state index in [1.165, 1.54) is 24.8 Å². The molecule has 0 saturated heterocycles. The molecule has 1 unspecified atom stereocenters. The van der Waals surface area contributed by atoms with E-state index in [4.69, 9.17) is 4.74 Å². The highest BCUT2D eigenvalue weighted by atomic mass is 16.5. The quantitative estimate of drug-likeness (QED) is 0.692. The van der Waals surface area contributed by atoms with E-state index in [1.807, 2.05) is 12.7 Å². The second kappa shape index (κ2) is 6.49. The topological polar surface area (TPSA) is 9.23 Å². The van der Waals surface area contributed by atoms with E-state index in [0.29, 0.717) is 6.10 Å². The third-order valence-electron chi connectivity index (χ3n) is 2.91. The highest BCUT2D eigenvalue weighted by Gasteiger charge is 2.09. The van der Waals surface area contributed by atoms with Crippen LogP contribution in [0.5, 0.6) is 0 Å². The van der Waals surface area contributed by atoms with E-state index in [0.717, 1.165) is 12.8 Å². The van der Waals surface area contributed by atoms with Crippen LogP contribution in [0.1, 0.15) is 31.2 Å². The SMILES string of the molecule is [CH](Cc1ccccc1)OC1CC=CCCC1. The molecule has 1 atom stereocenters. The van der Waals surface area contributed by atoms with Gasteiger partial charge in [-0.15, -0.1) is 0 Å². The van der Waals surface area contributed by atoms with Crippen molar-refractivity contribution in [2.45, 2.75) is 38.2 Å². The zero-order chi connectivity index (χ0) is 11.1. The molecule has 0 aromatic heterocycles. The van der Waals surface area contributed by atoms with Crippen molar-refractivity contribution in [1.29, 1.82) is 0 Å². The molecule has 1 heteroatoms. The second-order valence-corrected chi connectivity index (χ2v) is 4.25. The lowest BCUT2D eigenvalue weighted by molar-refractivity contribution is 0.0982. The van der Waals surface area contributed by atoms with Gasteiger partial charge in [-0.05, 0) is 31.2 Å². The predicted molar refractivity (Wildman–Crippen MR) is 66.9 cm³/mol. The number of benzene rings is 1. The average molecular weight is 215 g/mol. The molecule has 0 heterocycles. The maximum atomic E-state index is 5.79. The Labute approximate surface area is 98.1 Å². The van der Waals surface area contributed by atoms with Crippen LogP contribution in [-0.2, 0) is 11.2 Å². The van der Waals surface area contributed by atoms with E-state index in [1.54, 1.807) is 0 Å². The van der Waals surface area contributed by atoms with Gasteiger partial charge in [0.2, 0.25) is 0 Å². The lowest BCUT2D eigenvalue weighted by Gasteiger charge is -2.14. The van der Waals surface area contributed by atoms with Gasteiger partial charge in [0.05, 0.1) is 12.7 Å². The molecule has 1 aliphatic carbocycles. The molecule has 1 radical (unpaired) electrons. The van der Waals surface area contributed by atoms with Crippen LogP contribution >= 0.6 is 0 Å². The molecule has 1 aromatic rings. The van der Waals surface area contributed by atoms with Crippen LogP contribution in [0.25, 0.3) is 0 Å². The Hall–Kier alpha value is -1.08. The lowest BCUT2D eigenvalue weighted by atomic mass is 10.1. The van der Waals surface area contributed by atoms with Gasteiger partial charge in [-0.3, -0.25) is 0 Å². The molecule has 0 amide bonds. The summed E-state index contributed by atoms with van der Waals surface area (Å²) in [6.45, 7) is 1.96. The minimum absolute atomic E-state index is 0.391. The van der Waals surface area contributed by atoms with Crippen LogP contribution in [0.15, 0.2) is 42.5 Å². The normalized spacial score (nSPS) is 20.6. The number of rotatable bonds is 4. The summed E-state index contributed by atoms with van der Waals surface area (Å²) in [4.78, 5) is 0. The van der Waals surface area contributed by atoms with E-state index < -0.39 is 0 Å². The van der Waals surface area contributed by atoms with Gasteiger partial charge in [-0.1, -0.05) is 42.5 Å². The van der Waals surface area contributed by atoms with E-state index in [2.05, 4.69) is 36.4 Å². The molecule has 1 aliphatic rings. The smallest absolute Gasteiger partial charge is 0.0884 e. The summed E-state index contributed by atoms with van der Waals surface area (Å²) in [7, 11) is 0. The van der Waals surface area contributed by atoms with Crippen LogP contribution in [0, 0.1) is 6.61 Å². The zero-order valence-electron chi connectivity index (χ0n) is 9.64. The van der Waals surface area contributed by atoms with Crippen LogP contribution in [0.4, 0.5) is 0 Å². The summed E-state index contributed by atoms with van der Waals surface area (Å²) in [5.41, 5.74) is 1.31. The molecular formula is C15H19O. The van der Waals surface area contributed by atoms with Gasteiger partial charge >= 0.3 is 0 Å². The lowest BCUT2D eigenvalue weighted by Crippen LogP contribution is -2.10.